The molecule has 1 aromatic rings. The zero-order valence-corrected chi connectivity index (χ0v) is 15.3. The third-order valence-electron chi connectivity index (χ3n) is 4.51. The van der Waals surface area contributed by atoms with Crippen molar-refractivity contribution in [3.8, 4) is 0 Å². The molecule has 1 aromatic carbocycles. The molecule has 0 saturated carbocycles. The van der Waals surface area contributed by atoms with Crippen molar-refractivity contribution in [1.82, 2.24) is 9.80 Å². The normalized spacial score (nSPS) is 18.9. The summed E-state index contributed by atoms with van der Waals surface area (Å²) < 4.78 is 31.3. The number of nitrogens with two attached hydrogens (primary N) is 1. The van der Waals surface area contributed by atoms with Gasteiger partial charge in [0.25, 0.3) is 6.43 Å². The molecule has 1 heterocycles. The quantitative estimate of drug-likeness (QED) is 0.839. The van der Waals surface area contributed by atoms with Crippen molar-refractivity contribution in [2.24, 2.45) is 0 Å². The van der Waals surface area contributed by atoms with Gasteiger partial charge < -0.3 is 15.4 Å². The van der Waals surface area contributed by atoms with Crippen LogP contribution in [0, 0.1) is 6.92 Å². The van der Waals surface area contributed by atoms with Crippen LogP contribution in [0.2, 0.25) is 0 Å². The van der Waals surface area contributed by atoms with Crippen LogP contribution in [0.15, 0.2) is 12.1 Å². The second kappa shape index (κ2) is 7.99. The molecule has 1 fully saturated rings. The van der Waals surface area contributed by atoms with Crippen molar-refractivity contribution >= 4 is 11.8 Å². The first-order chi connectivity index (χ1) is 11.7. The van der Waals surface area contributed by atoms with E-state index in [1.807, 2.05) is 27.7 Å². The third kappa shape index (κ3) is 4.81. The zero-order chi connectivity index (χ0) is 18.7. The van der Waals surface area contributed by atoms with Crippen molar-refractivity contribution < 1.29 is 18.3 Å². The van der Waals surface area contributed by atoms with Gasteiger partial charge in [-0.3, -0.25) is 4.90 Å². The molecule has 1 atom stereocenters. The summed E-state index contributed by atoms with van der Waals surface area (Å²) >= 11 is 0. The number of rotatable bonds is 4. The summed E-state index contributed by atoms with van der Waals surface area (Å²) in [6.07, 6.45) is -2.99. The largest absolute Gasteiger partial charge is 0.447 e. The molecule has 0 bridgehead atoms. The van der Waals surface area contributed by atoms with Crippen molar-refractivity contribution in [1.29, 1.82) is 0 Å². The Kier molecular flexibility index (Phi) is 6.21. The summed E-state index contributed by atoms with van der Waals surface area (Å²) in [7, 11) is 0. The van der Waals surface area contributed by atoms with E-state index in [4.69, 9.17) is 10.5 Å². The van der Waals surface area contributed by atoms with Gasteiger partial charge >= 0.3 is 6.09 Å². The van der Waals surface area contributed by atoms with E-state index in [9.17, 15) is 13.6 Å². The Bertz CT molecular complexity index is 623. The number of carbonyl (C=O) groups excluding carboxylic acids is 1. The lowest BCUT2D eigenvalue weighted by atomic mass is 10.0. The highest BCUT2D eigenvalue weighted by Crippen LogP contribution is 2.27. The fourth-order valence-corrected chi connectivity index (χ4v) is 3.07. The number of amides is 1. The number of hydrogen-bond donors (Lipinski definition) is 1. The van der Waals surface area contributed by atoms with Crippen molar-refractivity contribution in [3.63, 3.8) is 0 Å². The number of nitrogens with zero attached hydrogens (tertiary/aromatic N) is 2. The number of piperazine rings is 1. The molecule has 1 amide bonds. The number of halogens is 2. The van der Waals surface area contributed by atoms with Crippen LogP contribution < -0.4 is 5.73 Å². The second-order valence-corrected chi connectivity index (χ2v) is 6.90. The lowest BCUT2D eigenvalue weighted by Crippen LogP contribution is -2.54. The Morgan fingerprint density at radius 1 is 1.36 bits per heavy atom. The van der Waals surface area contributed by atoms with Crippen LogP contribution in [0.25, 0.3) is 0 Å². The molecule has 0 aliphatic carbocycles. The lowest BCUT2D eigenvalue weighted by molar-refractivity contribution is 0.0349. The minimum atomic E-state index is -2.54. The number of carbonyl (C=O) groups is 1. The first-order valence-electron chi connectivity index (χ1n) is 8.55. The molecular weight excluding hydrogens is 328 g/mol. The number of anilines is 1. The van der Waals surface area contributed by atoms with E-state index in [2.05, 4.69) is 4.90 Å². The summed E-state index contributed by atoms with van der Waals surface area (Å²) in [6, 6.07) is 2.86. The van der Waals surface area contributed by atoms with Crippen LogP contribution in [0.1, 0.15) is 43.9 Å². The number of nitrogen functional groups attached to an aromatic ring is 1. The van der Waals surface area contributed by atoms with Crippen LogP contribution in [-0.2, 0) is 11.3 Å². The molecule has 5 nitrogen and oxygen atoms in total. The Hall–Kier alpha value is -1.89. The molecule has 0 spiro atoms. The molecule has 2 rings (SSSR count). The van der Waals surface area contributed by atoms with E-state index < -0.39 is 6.43 Å². The van der Waals surface area contributed by atoms with E-state index in [1.54, 1.807) is 4.90 Å². The van der Waals surface area contributed by atoms with Gasteiger partial charge in [0.15, 0.2) is 0 Å². The number of hydrogen-bond acceptors (Lipinski definition) is 4. The van der Waals surface area contributed by atoms with Gasteiger partial charge in [-0.25, -0.2) is 13.6 Å². The van der Waals surface area contributed by atoms with E-state index in [0.717, 1.165) is 11.1 Å². The van der Waals surface area contributed by atoms with E-state index >= 15 is 0 Å². The molecule has 0 aromatic heterocycles. The smallest absolute Gasteiger partial charge is 0.410 e. The van der Waals surface area contributed by atoms with Gasteiger partial charge in [0, 0.05) is 43.5 Å². The highest BCUT2D eigenvalue weighted by Gasteiger charge is 2.29. The fourth-order valence-electron chi connectivity index (χ4n) is 3.07. The van der Waals surface area contributed by atoms with E-state index in [1.165, 1.54) is 12.1 Å². The molecule has 7 heteroatoms. The molecule has 0 radical (unpaired) electrons. The highest BCUT2D eigenvalue weighted by molar-refractivity contribution is 5.68. The Balaban J connectivity index is 2.05. The average molecular weight is 355 g/mol. The first kappa shape index (κ1) is 19.4. The van der Waals surface area contributed by atoms with Gasteiger partial charge in [-0.15, -0.1) is 0 Å². The summed E-state index contributed by atoms with van der Waals surface area (Å²) in [5.74, 6) is 0. The standard InChI is InChI=1S/C18H27F2N3O2/c1-11(2)25-18(24)23-6-5-22(9-12(23)3)10-15-7-14(17(19)20)8-16(21)13(15)4/h7-8,11-12,17H,5-6,9-10,21H2,1-4H3/t12-/m0/s1. The molecular formula is C18H27F2N3O2. The lowest BCUT2D eigenvalue weighted by Gasteiger charge is -2.39. The summed E-state index contributed by atoms with van der Waals surface area (Å²) in [4.78, 5) is 16.0. The van der Waals surface area contributed by atoms with E-state index in [0.29, 0.717) is 31.9 Å². The molecule has 1 aliphatic rings. The van der Waals surface area contributed by atoms with E-state index in [-0.39, 0.29) is 23.8 Å². The maximum absolute atomic E-state index is 13.0. The van der Waals surface area contributed by atoms with Gasteiger partial charge in [0.1, 0.15) is 0 Å². The van der Waals surface area contributed by atoms with Gasteiger partial charge in [-0.2, -0.15) is 0 Å². The Labute approximate surface area is 147 Å². The molecule has 0 unspecified atom stereocenters. The Morgan fingerprint density at radius 2 is 2.04 bits per heavy atom. The number of alkyl halides is 2. The van der Waals surface area contributed by atoms with Gasteiger partial charge in [0.2, 0.25) is 0 Å². The monoisotopic (exact) mass is 355 g/mol. The predicted molar refractivity (Wildman–Crippen MR) is 93.6 cm³/mol. The van der Waals surface area contributed by atoms with Crippen molar-refractivity contribution in [2.75, 3.05) is 25.4 Å². The summed E-state index contributed by atoms with van der Waals surface area (Å²) in [5, 5.41) is 0. The second-order valence-electron chi connectivity index (χ2n) is 6.90. The van der Waals surface area contributed by atoms with Crippen LogP contribution in [0.3, 0.4) is 0 Å². The molecule has 140 valence electrons. The minimum Gasteiger partial charge on any atom is -0.447 e. The van der Waals surface area contributed by atoms with Crippen LogP contribution in [0.4, 0.5) is 19.3 Å². The van der Waals surface area contributed by atoms with Crippen molar-refractivity contribution in [3.05, 3.63) is 28.8 Å². The number of ether oxygens (including phenoxy) is 1. The van der Waals surface area contributed by atoms with Crippen LogP contribution in [-0.4, -0.2) is 47.7 Å². The third-order valence-corrected chi connectivity index (χ3v) is 4.51. The van der Waals surface area contributed by atoms with Crippen molar-refractivity contribution in [2.45, 2.75) is 52.8 Å². The van der Waals surface area contributed by atoms with Crippen LogP contribution >= 0.6 is 0 Å². The number of benzene rings is 1. The highest BCUT2D eigenvalue weighted by atomic mass is 19.3. The Morgan fingerprint density at radius 3 is 2.60 bits per heavy atom. The van der Waals surface area contributed by atoms with Gasteiger partial charge in [0.05, 0.1) is 6.10 Å². The van der Waals surface area contributed by atoms with Gasteiger partial charge in [-0.1, -0.05) is 0 Å². The fraction of sp³-hybridized carbons (Fsp3) is 0.611. The molecule has 1 aliphatic heterocycles. The first-order valence-corrected chi connectivity index (χ1v) is 8.55. The predicted octanol–water partition coefficient (Wildman–Crippen LogP) is 3.57. The minimum absolute atomic E-state index is 0.00376. The maximum Gasteiger partial charge on any atom is 0.410 e. The molecule has 25 heavy (non-hydrogen) atoms. The van der Waals surface area contributed by atoms with Gasteiger partial charge in [-0.05, 0) is 51.0 Å². The SMILES string of the molecule is Cc1c(N)cc(C(F)F)cc1CN1CCN(C(=O)OC(C)C)[C@@H](C)C1. The summed E-state index contributed by atoms with van der Waals surface area (Å²) in [5.41, 5.74) is 7.86. The topological polar surface area (TPSA) is 58.8 Å². The zero-order valence-electron chi connectivity index (χ0n) is 15.3. The molecule has 2 N–H and O–H groups in total. The average Bonchev–Trinajstić information content (AvgIpc) is 2.50. The maximum atomic E-state index is 13.0. The van der Waals surface area contributed by atoms with Crippen LogP contribution in [0.5, 0.6) is 0 Å². The summed E-state index contributed by atoms with van der Waals surface area (Å²) in [6.45, 7) is 9.86. The molecule has 1 saturated heterocycles.